The molecule has 0 aliphatic heterocycles. The molecule has 0 bridgehead atoms. The van der Waals surface area contributed by atoms with Gasteiger partial charge in [0, 0.05) is 10.9 Å². The monoisotopic (exact) mass is 209 g/mol. The third-order valence-corrected chi connectivity index (χ3v) is 2.65. The largest absolute Gasteiger partial charge is 0.419 e. The van der Waals surface area contributed by atoms with Crippen LogP contribution in [0, 0.1) is 0 Å². The van der Waals surface area contributed by atoms with Crippen molar-refractivity contribution in [3.63, 3.8) is 0 Å². The summed E-state index contributed by atoms with van der Waals surface area (Å²) in [6.07, 6.45) is 0.797. The third kappa shape index (κ3) is 1.69. The minimum Gasteiger partial charge on any atom is -0.419 e. The summed E-state index contributed by atoms with van der Waals surface area (Å²) < 4.78 is 5.44. The summed E-state index contributed by atoms with van der Waals surface area (Å²) in [5.74, 6) is 1.05. The summed E-state index contributed by atoms with van der Waals surface area (Å²) in [5.41, 5.74) is 6.72. The van der Waals surface area contributed by atoms with E-state index in [0.717, 1.165) is 12.0 Å². The van der Waals surface area contributed by atoms with Gasteiger partial charge in [0.15, 0.2) is 0 Å². The van der Waals surface area contributed by atoms with Crippen molar-refractivity contribution in [1.82, 2.24) is 10.2 Å². The number of nitrogens with zero attached hydrogens (tertiary/aromatic N) is 2. The topological polar surface area (TPSA) is 64.9 Å². The van der Waals surface area contributed by atoms with Crippen LogP contribution >= 0.6 is 11.3 Å². The maximum atomic E-state index is 5.77. The molecule has 0 fully saturated rings. The van der Waals surface area contributed by atoms with Gasteiger partial charge in [0.1, 0.15) is 0 Å². The van der Waals surface area contributed by atoms with Gasteiger partial charge in [-0.25, -0.2) is 0 Å². The predicted octanol–water partition coefficient (Wildman–Crippen LogP) is 2.21. The molecule has 0 saturated carbocycles. The Morgan fingerprint density at radius 2 is 2.43 bits per heavy atom. The van der Waals surface area contributed by atoms with Crippen LogP contribution in [0.5, 0.6) is 0 Å². The van der Waals surface area contributed by atoms with E-state index in [0.29, 0.717) is 11.8 Å². The molecule has 2 N–H and O–H groups in total. The first kappa shape index (κ1) is 9.36. The molecule has 0 aromatic carbocycles. The summed E-state index contributed by atoms with van der Waals surface area (Å²) in [6, 6.07) is 1.79. The summed E-state index contributed by atoms with van der Waals surface area (Å²) in [4.78, 5) is 0. The number of hydrogen-bond acceptors (Lipinski definition) is 5. The number of thiophene rings is 1. The number of rotatable bonds is 3. The Kier molecular flexibility index (Phi) is 2.60. The van der Waals surface area contributed by atoms with Crippen molar-refractivity contribution in [2.45, 2.75) is 19.4 Å². The third-order valence-electron chi connectivity index (χ3n) is 1.97. The molecule has 0 saturated heterocycles. The fraction of sp³-hybridized carbons (Fsp3) is 0.333. The molecule has 14 heavy (non-hydrogen) atoms. The van der Waals surface area contributed by atoms with Crippen LogP contribution in [-0.2, 0) is 0 Å². The van der Waals surface area contributed by atoms with Gasteiger partial charge in [0.25, 0.3) is 0 Å². The van der Waals surface area contributed by atoms with E-state index >= 15 is 0 Å². The summed E-state index contributed by atoms with van der Waals surface area (Å²) in [7, 11) is 0. The van der Waals surface area contributed by atoms with Crippen molar-refractivity contribution in [3.05, 3.63) is 22.7 Å². The summed E-state index contributed by atoms with van der Waals surface area (Å²) >= 11 is 1.60. The average Bonchev–Trinajstić information content (AvgIpc) is 2.86. The molecule has 0 spiro atoms. The molecule has 4 nitrogen and oxygen atoms in total. The predicted molar refractivity (Wildman–Crippen MR) is 54.8 cm³/mol. The molecule has 0 aliphatic rings. The Balaban J connectivity index is 2.26. The first-order chi connectivity index (χ1) is 6.81. The lowest BCUT2D eigenvalue weighted by atomic mass is 10.2. The van der Waals surface area contributed by atoms with Crippen LogP contribution < -0.4 is 5.73 Å². The lowest BCUT2D eigenvalue weighted by Crippen LogP contribution is -2.08. The number of hydrogen-bond donors (Lipinski definition) is 1. The minimum atomic E-state index is -0.158. The smallest absolute Gasteiger partial charge is 0.248 e. The van der Waals surface area contributed by atoms with Gasteiger partial charge in [-0.1, -0.05) is 6.92 Å². The van der Waals surface area contributed by atoms with Crippen molar-refractivity contribution >= 4 is 11.3 Å². The van der Waals surface area contributed by atoms with Crippen LogP contribution in [0.2, 0.25) is 0 Å². The van der Waals surface area contributed by atoms with Crippen LogP contribution in [-0.4, -0.2) is 10.2 Å². The van der Waals surface area contributed by atoms with Gasteiger partial charge in [-0.15, -0.1) is 10.2 Å². The zero-order valence-corrected chi connectivity index (χ0v) is 8.62. The molecular formula is C9H11N3OS. The second-order valence-electron chi connectivity index (χ2n) is 2.97. The van der Waals surface area contributed by atoms with E-state index < -0.39 is 0 Å². The second kappa shape index (κ2) is 3.89. The van der Waals surface area contributed by atoms with Crippen molar-refractivity contribution in [1.29, 1.82) is 0 Å². The van der Waals surface area contributed by atoms with E-state index in [-0.39, 0.29) is 6.04 Å². The minimum absolute atomic E-state index is 0.158. The first-order valence-electron chi connectivity index (χ1n) is 4.42. The highest BCUT2D eigenvalue weighted by Gasteiger charge is 2.13. The van der Waals surface area contributed by atoms with Gasteiger partial charge in [0.05, 0.1) is 6.04 Å². The van der Waals surface area contributed by atoms with Crippen molar-refractivity contribution in [2.75, 3.05) is 0 Å². The molecular weight excluding hydrogens is 198 g/mol. The van der Waals surface area contributed by atoms with E-state index in [1.807, 2.05) is 23.8 Å². The lowest BCUT2D eigenvalue weighted by Gasteiger charge is -1.99. The molecule has 2 heterocycles. The van der Waals surface area contributed by atoms with Crippen molar-refractivity contribution in [2.24, 2.45) is 5.73 Å². The molecule has 0 aliphatic carbocycles. The molecule has 1 atom stereocenters. The first-order valence-corrected chi connectivity index (χ1v) is 5.37. The van der Waals surface area contributed by atoms with Gasteiger partial charge in [-0.2, -0.15) is 11.3 Å². The van der Waals surface area contributed by atoms with Gasteiger partial charge in [0.2, 0.25) is 11.8 Å². The van der Waals surface area contributed by atoms with Crippen molar-refractivity contribution in [3.8, 4) is 11.5 Å². The molecule has 2 rings (SSSR count). The van der Waals surface area contributed by atoms with Gasteiger partial charge < -0.3 is 10.2 Å². The zero-order chi connectivity index (χ0) is 9.97. The molecule has 74 valence electrons. The molecule has 2 aromatic heterocycles. The van der Waals surface area contributed by atoms with Gasteiger partial charge in [-0.05, 0) is 17.9 Å². The SMILES string of the molecule is CCC(N)c1nnc(-c2ccsc2)o1. The number of aromatic nitrogens is 2. The molecule has 0 radical (unpaired) electrons. The quantitative estimate of drug-likeness (QED) is 0.841. The Bertz CT molecular complexity index is 396. The highest BCUT2D eigenvalue weighted by atomic mass is 32.1. The van der Waals surface area contributed by atoms with Gasteiger partial charge in [-0.3, -0.25) is 0 Å². The van der Waals surface area contributed by atoms with E-state index in [9.17, 15) is 0 Å². The Morgan fingerprint density at radius 3 is 3.07 bits per heavy atom. The van der Waals surface area contributed by atoms with Crippen molar-refractivity contribution < 1.29 is 4.42 Å². The summed E-state index contributed by atoms with van der Waals surface area (Å²) in [5, 5.41) is 11.8. The number of nitrogens with two attached hydrogens (primary N) is 1. The van der Waals surface area contributed by atoms with Crippen LogP contribution in [0.15, 0.2) is 21.2 Å². The second-order valence-corrected chi connectivity index (χ2v) is 3.75. The zero-order valence-electron chi connectivity index (χ0n) is 7.80. The van der Waals surface area contributed by atoms with Crippen LogP contribution in [0.3, 0.4) is 0 Å². The van der Waals surface area contributed by atoms with Crippen LogP contribution in [0.25, 0.3) is 11.5 Å². The van der Waals surface area contributed by atoms with Crippen LogP contribution in [0.4, 0.5) is 0 Å². The molecule has 5 heteroatoms. The van der Waals surface area contributed by atoms with E-state index in [4.69, 9.17) is 10.2 Å². The normalized spacial score (nSPS) is 13.0. The fourth-order valence-electron chi connectivity index (χ4n) is 1.06. The summed E-state index contributed by atoms with van der Waals surface area (Å²) in [6.45, 7) is 1.99. The highest BCUT2D eigenvalue weighted by molar-refractivity contribution is 7.08. The Labute approximate surface area is 85.8 Å². The average molecular weight is 209 g/mol. The molecule has 2 aromatic rings. The standard InChI is InChI=1S/C9H11N3OS/c1-2-7(10)9-12-11-8(13-9)6-3-4-14-5-6/h3-5,7H,2,10H2,1H3. The Hall–Kier alpha value is -1.20. The van der Waals surface area contributed by atoms with Gasteiger partial charge >= 0.3 is 0 Å². The Morgan fingerprint density at radius 1 is 1.57 bits per heavy atom. The van der Waals surface area contributed by atoms with Crippen LogP contribution in [0.1, 0.15) is 25.3 Å². The maximum absolute atomic E-state index is 5.77. The lowest BCUT2D eigenvalue weighted by molar-refractivity contribution is 0.453. The van der Waals surface area contributed by atoms with E-state index in [1.54, 1.807) is 11.3 Å². The highest BCUT2D eigenvalue weighted by Crippen LogP contribution is 2.22. The maximum Gasteiger partial charge on any atom is 0.248 e. The fourth-order valence-corrected chi connectivity index (χ4v) is 1.69. The van der Waals surface area contributed by atoms with E-state index in [2.05, 4.69) is 10.2 Å². The van der Waals surface area contributed by atoms with E-state index in [1.165, 1.54) is 0 Å². The molecule has 1 unspecified atom stereocenters. The molecule has 0 amide bonds.